The van der Waals surface area contributed by atoms with Crippen LogP contribution in [0.15, 0.2) is 130 Å². The van der Waals surface area contributed by atoms with E-state index in [0.29, 0.717) is 0 Å². The zero-order valence-electron chi connectivity index (χ0n) is 28.6. The molecular formula is C44H38Cl2O2Zr. The second-order valence-electron chi connectivity index (χ2n) is 12.4. The molecule has 0 saturated carbocycles. The number of furan rings is 2. The zero-order chi connectivity index (χ0) is 31.9. The van der Waals surface area contributed by atoms with Gasteiger partial charge in [-0.05, 0) is 88.1 Å². The summed E-state index contributed by atoms with van der Waals surface area (Å²) in [5.41, 5.74) is 12.8. The third-order valence-electron chi connectivity index (χ3n) is 9.23. The van der Waals surface area contributed by atoms with Gasteiger partial charge in [-0.2, -0.15) is 0 Å². The topological polar surface area (TPSA) is 26.3 Å². The Hall–Kier alpha value is -3.88. The van der Waals surface area contributed by atoms with Crippen LogP contribution in [0, 0.1) is 41.5 Å². The van der Waals surface area contributed by atoms with Crippen molar-refractivity contribution < 1.29 is 59.9 Å². The van der Waals surface area contributed by atoms with Crippen molar-refractivity contribution in [3.8, 4) is 44.9 Å². The number of halogens is 2. The van der Waals surface area contributed by atoms with Crippen molar-refractivity contribution in [2.45, 2.75) is 41.5 Å². The molecule has 0 aliphatic heterocycles. The largest absolute Gasteiger partial charge is 4.00 e. The predicted molar refractivity (Wildman–Crippen MR) is 194 cm³/mol. The number of aryl methyl sites for hydroxylation is 4. The van der Waals surface area contributed by atoms with E-state index in [1.54, 1.807) is 0 Å². The van der Waals surface area contributed by atoms with Gasteiger partial charge >= 0.3 is 26.2 Å². The van der Waals surface area contributed by atoms with Gasteiger partial charge in [0, 0.05) is 0 Å². The average Bonchev–Trinajstić information content (AvgIpc) is 3.87. The fourth-order valence-corrected chi connectivity index (χ4v) is 6.62. The molecule has 2 nitrogen and oxygen atoms in total. The van der Waals surface area contributed by atoms with Crippen LogP contribution < -0.4 is 24.8 Å². The van der Waals surface area contributed by atoms with Crippen LogP contribution in [0.4, 0.5) is 0 Å². The number of rotatable bonds is 4. The summed E-state index contributed by atoms with van der Waals surface area (Å²) in [6.07, 6.45) is 0. The van der Waals surface area contributed by atoms with Crippen LogP contribution in [0.2, 0.25) is 0 Å². The van der Waals surface area contributed by atoms with Crippen molar-refractivity contribution in [3.63, 3.8) is 0 Å². The molecule has 8 aromatic rings. The first-order valence-electron chi connectivity index (χ1n) is 15.9. The van der Waals surface area contributed by atoms with E-state index in [1.165, 1.54) is 66.1 Å². The fourth-order valence-electron chi connectivity index (χ4n) is 6.62. The molecule has 0 aliphatic carbocycles. The molecule has 0 unspecified atom stereocenters. The molecule has 0 fully saturated rings. The van der Waals surface area contributed by atoms with Crippen molar-refractivity contribution in [2.24, 2.45) is 0 Å². The number of hydrogen-bond acceptors (Lipinski definition) is 2. The van der Waals surface area contributed by atoms with Crippen LogP contribution in [-0.2, 0) is 26.2 Å². The van der Waals surface area contributed by atoms with Crippen molar-refractivity contribution in [1.82, 2.24) is 0 Å². The molecule has 0 bridgehead atoms. The third-order valence-corrected chi connectivity index (χ3v) is 9.23. The molecule has 2 aromatic heterocycles. The monoisotopic (exact) mass is 758 g/mol. The van der Waals surface area contributed by atoms with Gasteiger partial charge in [0.15, 0.2) is 0 Å². The Morgan fingerprint density at radius 1 is 0.449 bits per heavy atom. The Kier molecular flexibility index (Phi) is 12.2. The van der Waals surface area contributed by atoms with Crippen molar-refractivity contribution in [2.75, 3.05) is 0 Å². The zero-order valence-corrected chi connectivity index (χ0v) is 32.6. The first kappa shape index (κ1) is 37.9. The van der Waals surface area contributed by atoms with Gasteiger partial charge in [-0.15, -0.1) is 57.9 Å². The summed E-state index contributed by atoms with van der Waals surface area (Å²) in [4.78, 5) is 0. The number of fused-ring (bicyclic) bond motifs is 2. The predicted octanol–water partition coefficient (Wildman–Crippen LogP) is 6.83. The SMILES string of the molecule is Cc1ccc(-c2cc3c(-c4ccccc4)c(C)c(C)cc3[cH-]2)o1.Cc1ccc(-c2cc3c(-c4ccccc4)c(C)c(C)cc3[cH-]2)o1.[Cl-].[Cl-].[Zr+4]. The summed E-state index contributed by atoms with van der Waals surface area (Å²) in [6, 6.07) is 42.9. The van der Waals surface area contributed by atoms with Gasteiger partial charge in [-0.25, -0.2) is 0 Å². The van der Waals surface area contributed by atoms with Gasteiger partial charge < -0.3 is 33.6 Å². The van der Waals surface area contributed by atoms with E-state index in [-0.39, 0.29) is 51.0 Å². The smallest absolute Gasteiger partial charge is 1.00 e. The molecule has 0 atom stereocenters. The Labute approximate surface area is 320 Å². The van der Waals surface area contributed by atoms with Crippen LogP contribution in [-0.4, -0.2) is 0 Å². The Morgan fingerprint density at radius 3 is 1.14 bits per heavy atom. The second-order valence-corrected chi connectivity index (χ2v) is 12.4. The van der Waals surface area contributed by atoms with Crippen LogP contribution in [0.3, 0.4) is 0 Å². The molecule has 0 radical (unpaired) electrons. The van der Waals surface area contributed by atoms with E-state index in [1.807, 2.05) is 38.1 Å². The van der Waals surface area contributed by atoms with Crippen molar-refractivity contribution in [3.05, 3.63) is 155 Å². The summed E-state index contributed by atoms with van der Waals surface area (Å²) in [6.45, 7) is 12.8. The van der Waals surface area contributed by atoms with Gasteiger partial charge in [0.2, 0.25) is 0 Å². The summed E-state index contributed by atoms with van der Waals surface area (Å²) in [5, 5.41) is 5.14. The molecule has 6 aromatic carbocycles. The van der Waals surface area contributed by atoms with Gasteiger partial charge in [0.25, 0.3) is 0 Å². The Morgan fingerprint density at radius 2 is 0.816 bits per heavy atom. The van der Waals surface area contributed by atoms with Gasteiger partial charge in [0.05, 0.1) is 23.0 Å². The summed E-state index contributed by atoms with van der Waals surface area (Å²) in [5.74, 6) is 3.77. The Balaban J connectivity index is 0.000000208. The molecule has 5 heteroatoms. The molecule has 0 N–H and O–H groups in total. The van der Waals surface area contributed by atoms with Gasteiger partial charge in [0.1, 0.15) is 0 Å². The molecule has 0 spiro atoms. The minimum Gasteiger partial charge on any atom is -1.00 e. The number of benzene rings is 4. The van der Waals surface area contributed by atoms with Crippen LogP contribution in [0.25, 0.3) is 66.4 Å². The second kappa shape index (κ2) is 15.8. The minimum absolute atomic E-state index is 0. The summed E-state index contributed by atoms with van der Waals surface area (Å²) >= 11 is 0. The molecule has 2 heterocycles. The molecule has 244 valence electrons. The van der Waals surface area contributed by atoms with Crippen LogP contribution in [0.5, 0.6) is 0 Å². The van der Waals surface area contributed by atoms with E-state index in [4.69, 9.17) is 8.83 Å². The first-order valence-corrected chi connectivity index (χ1v) is 15.9. The van der Waals surface area contributed by atoms with E-state index < -0.39 is 0 Å². The van der Waals surface area contributed by atoms with E-state index in [9.17, 15) is 0 Å². The quantitative estimate of drug-likeness (QED) is 0.184. The maximum Gasteiger partial charge on any atom is 4.00 e. The van der Waals surface area contributed by atoms with Gasteiger partial charge in [-0.3, -0.25) is 0 Å². The number of hydrogen-bond donors (Lipinski definition) is 0. The van der Waals surface area contributed by atoms with E-state index >= 15 is 0 Å². The molecular weight excluding hydrogens is 723 g/mol. The summed E-state index contributed by atoms with van der Waals surface area (Å²) < 4.78 is 11.6. The van der Waals surface area contributed by atoms with E-state index in [0.717, 1.165) is 34.2 Å². The molecule has 8 rings (SSSR count). The molecule has 49 heavy (non-hydrogen) atoms. The Bertz CT molecular complexity index is 2150. The standard InChI is InChI=1S/2C22H19O.2ClH.Zr/c2*1-14-11-18-12-19(21-10-9-15(2)23-21)13-20(18)22(16(14)3)17-7-5-4-6-8-17;;;/h2*4-13H,1-3H3;2*1H;/q2*-1;;;+4/p-2. The normalized spacial score (nSPS) is 10.6. The molecule has 0 saturated heterocycles. The summed E-state index contributed by atoms with van der Waals surface area (Å²) in [7, 11) is 0. The van der Waals surface area contributed by atoms with Crippen LogP contribution in [0.1, 0.15) is 33.8 Å². The first-order chi connectivity index (χ1) is 22.3. The van der Waals surface area contributed by atoms with Crippen molar-refractivity contribution in [1.29, 1.82) is 0 Å². The van der Waals surface area contributed by atoms with Gasteiger partial charge in [-0.1, -0.05) is 94.0 Å². The third kappa shape index (κ3) is 7.51. The molecule has 0 aliphatic rings. The maximum absolute atomic E-state index is 5.81. The van der Waals surface area contributed by atoms with E-state index in [2.05, 4.69) is 125 Å². The fraction of sp³-hybridized carbons (Fsp3) is 0.136. The van der Waals surface area contributed by atoms with Crippen molar-refractivity contribution >= 4 is 21.5 Å². The minimum atomic E-state index is 0. The molecule has 0 amide bonds. The average molecular weight is 761 g/mol. The van der Waals surface area contributed by atoms with Crippen LogP contribution >= 0.6 is 0 Å². The maximum atomic E-state index is 5.81.